The van der Waals surface area contributed by atoms with E-state index >= 15 is 0 Å². The van der Waals surface area contributed by atoms with E-state index in [1.165, 1.54) is 12.7 Å². The van der Waals surface area contributed by atoms with E-state index in [-0.39, 0.29) is 36.2 Å². The zero-order valence-electron chi connectivity index (χ0n) is 22.3. The second-order valence-electron chi connectivity index (χ2n) is 9.45. The van der Waals surface area contributed by atoms with Crippen molar-refractivity contribution in [3.8, 4) is 17.2 Å². The molecule has 0 aliphatic heterocycles. The zero-order chi connectivity index (χ0) is 26.9. The summed E-state index contributed by atoms with van der Waals surface area (Å²) >= 11 is 0. The number of guanidine groups is 1. The van der Waals surface area contributed by atoms with Crippen LogP contribution in [0.25, 0.3) is 0 Å². The van der Waals surface area contributed by atoms with Crippen LogP contribution in [0.2, 0.25) is 0 Å². The van der Waals surface area contributed by atoms with Crippen molar-refractivity contribution in [1.29, 1.82) is 5.41 Å². The first-order valence-corrected chi connectivity index (χ1v) is 12.6. The number of ether oxygens (including phenoxy) is 3. The smallest absolute Gasteiger partial charge is 0.242 e. The summed E-state index contributed by atoms with van der Waals surface area (Å²) in [4.78, 5) is 25.9. The molecule has 9 nitrogen and oxygen atoms in total. The van der Waals surface area contributed by atoms with Gasteiger partial charge in [-0.25, -0.2) is 0 Å². The average molecular weight is 511 g/mol. The highest BCUT2D eigenvalue weighted by molar-refractivity contribution is 5.98. The second kappa shape index (κ2) is 13.0. The molecular weight excluding hydrogens is 472 g/mol. The van der Waals surface area contributed by atoms with E-state index in [1.54, 1.807) is 32.4 Å². The van der Waals surface area contributed by atoms with Crippen LogP contribution >= 0.6 is 0 Å². The quantitative estimate of drug-likeness (QED) is 0.272. The summed E-state index contributed by atoms with van der Waals surface area (Å²) in [7, 11) is 4.73. The molecule has 2 aromatic rings. The number of carbonyl (C=O) groups excluding carboxylic acids is 2. The van der Waals surface area contributed by atoms with Crippen molar-refractivity contribution in [2.24, 2.45) is 5.92 Å². The fourth-order valence-electron chi connectivity index (χ4n) is 4.58. The predicted molar refractivity (Wildman–Crippen MR) is 142 cm³/mol. The number of fused-ring (bicyclic) bond motifs is 1. The van der Waals surface area contributed by atoms with Crippen molar-refractivity contribution in [2.45, 2.75) is 58.0 Å². The summed E-state index contributed by atoms with van der Waals surface area (Å²) in [5, 5.41) is 16.9. The molecule has 0 aromatic heterocycles. The standard InChI is InChI=1S/C28H38N4O5/c1-6-17(2)12-22(27(34)30-20-15-19-8-7-9-23(35-3)21(19)16-20)31-28(29)32-26(33)14-18-10-11-24(36-4)25(13-18)37-5/h7-11,13,17,20,22H,6,12,14-16H2,1-5H3,(H,30,34)(H3,29,31,32,33). The first kappa shape index (κ1) is 27.8. The van der Waals surface area contributed by atoms with Gasteiger partial charge >= 0.3 is 0 Å². The first-order valence-electron chi connectivity index (χ1n) is 12.6. The summed E-state index contributed by atoms with van der Waals surface area (Å²) in [5.41, 5.74) is 3.01. The summed E-state index contributed by atoms with van der Waals surface area (Å²) in [6.45, 7) is 4.13. The molecule has 9 heteroatoms. The number of hydrogen-bond donors (Lipinski definition) is 4. The Hall–Kier alpha value is -3.75. The highest BCUT2D eigenvalue weighted by Crippen LogP contribution is 2.31. The van der Waals surface area contributed by atoms with Crippen LogP contribution in [0.1, 0.15) is 43.4 Å². The lowest BCUT2D eigenvalue weighted by molar-refractivity contribution is -0.124. The van der Waals surface area contributed by atoms with E-state index in [0.717, 1.165) is 24.2 Å². The SMILES string of the molecule is CCC(C)CC(NC(=N)NC(=O)Cc1ccc(OC)c(OC)c1)C(=O)NC1Cc2cccc(OC)c2C1. The number of benzene rings is 2. The van der Waals surface area contributed by atoms with Crippen molar-refractivity contribution in [3.05, 3.63) is 53.1 Å². The number of nitrogens with one attached hydrogen (secondary N) is 4. The minimum atomic E-state index is -0.644. The van der Waals surface area contributed by atoms with Crippen LogP contribution < -0.4 is 30.2 Å². The zero-order valence-corrected chi connectivity index (χ0v) is 22.3. The van der Waals surface area contributed by atoms with E-state index in [2.05, 4.69) is 35.9 Å². The molecule has 3 rings (SSSR count). The molecule has 37 heavy (non-hydrogen) atoms. The maximum atomic E-state index is 13.3. The largest absolute Gasteiger partial charge is 0.496 e. The maximum absolute atomic E-state index is 13.3. The third-order valence-electron chi connectivity index (χ3n) is 6.76. The van der Waals surface area contributed by atoms with Gasteiger partial charge in [0.2, 0.25) is 11.8 Å². The topological polar surface area (TPSA) is 122 Å². The number of hydrogen-bond acceptors (Lipinski definition) is 6. The van der Waals surface area contributed by atoms with Crippen LogP contribution in [0.3, 0.4) is 0 Å². The molecule has 1 aliphatic carbocycles. The second-order valence-corrected chi connectivity index (χ2v) is 9.45. The van der Waals surface area contributed by atoms with E-state index < -0.39 is 6.04 Å². The molecule has 0 radical (unpaired) electrons. The summed E-state index contributed by atoms with van der Waals surface area (Å²) in [6, 6.07) is 10.5. The van der Waals surface area contributed by atoms with Crippen LogP contribution in [-0.2, 0) is 28.9 Å². The lowest BCUT2D eigenvalue weighted by Crippen LogP contribution is -2.54. The summed E-state index contributed by atoms with van der Waals surface area (Å²) in [6.07, 6.45) is 2.92. The van der Waals surface area contributed by atoms with Gasteiger partial charge in [-0.05, 0) is 60.1 Å². The Bertz CT molecular complexity index is 1120. The van der Waals surface area contributed by atoms with Crippen molar-refractivity contribution in [1.82, 2.24) is 16.0 Å². The van der Waals surface area contributed by atoms with Gasteiger partial charge < -0.3 is 24.8 Å². The third-order valence-corrected chi connectivity index (χ3v) is 6.76. The molecule has 3 unspecified atom stereocenters. The van der Waals surface area contributed by atoms with E-state index in [4.69, 9.17) is 19.6 Å². The molecule has 0 bridgehead atoms. The Labute approximate surface area is 218 Å². The summed E-state index contributed by atoms with van der Waals surface area (Å²) in [5.74, 6) is 1.44. The van der Waals surface area contributed by atoms with Gasteiger partial charge in [0.15, 0.2) is 17.5 Å². The molecule has 2 aromatic carbocycles. The molecule has 3 atom stereocenters. The molecule has 0 saturated heterocycles. The Morgan fingerprint density at radius 1 is 1.03 bits per heavy atom. The Morgan fingerprint density at radius 3 is 2.43 bits per heavy atom. The van der Waals surface area contributed by atoms with Crippen molar-refractivity contribution >= 4 is 17.8 Å². The lowest BCUT2D eigenvalue weighted by Gasteiger charge is -2.24. The maximum Gasteiger partial charge on any atom is 0.242 e. The molecule has 1 aliphatic rings. The van der Waals surface area contributed by atoms with E-state index in [0.29, 0.717) is 29.9 Å². The van der Waals surface area contributed by atoms with Crippen molar-refractivity contribution < 1.29 is 23.8 Å². The van der Waals surface area contributed by atoms with Gasteiger partial charge in [-0.15, -0.1) is 0 Å². The normalized spacial score (nSPS) is 15.6. The highest BCUT2D eigenvalue weighted by Gasteiger charge is 2.29. The van der Waals surface area contributed by atoms with Gasteiger partial charge in [0.1, 0.15) is 11.8 Å². The van der Waals surface area contributed by atoms with Gasteiger partial charge in [0, 0.05) is 6.04 Å². The van der Waals surface area contributed by atoms with Crippen LogP contribution in [0.15, 0.2) is 36.4 Å². The number of carbonyl (C=O) groups is 2. The van der Waals surface area contributed by atoms with E-state index in [1.807, 2.05) is 12.1 Å². The Kier molecular flexibility index (Phi) is 9.77. The van der Waals surface area contributed by atoms with Crippen molar-refractivity contribution in [2.75, 3.05) is 21.3 Å². The van der Waals surface area contributed by atoms with Gasteiger partial charge in [-0.1, -0.05) is 38.5 Å². The molecule has 0 saturated carbocycles. The van der Waals surface area contributed by atoms with Crippen LogP contribution in [-0.4, -0.2) is 51.2 Å². The summed E-state index contributed by atoms with van der Waals surface area (Å²) < 4.78 is 16.0. The Balaban J connectivity index is 1.59. The fourth-order valence-corrected chi connectivity index (χ4v) is 4.58. The minimum Gasteiger partial charge on any atom is -0.496 e. The van der Waals surface area contributed by atoms with Gasteiger partial charge in [-0.2, -0.15) is 0 Å². The minimum absolute atomic E-state index is 0.0474. The highest BCUT2D eigenvalue weighted by atomic mass is 16.5. The number of methoxy groups -OCH3 is 3. The van der Waals surface area contributed by atoms with Gasteiger partial charge in [0.05, 0.1) is 27.8 Å². The molecular formula is C28H38N4O5. The molecule has 2 amide bonds. The van der Waals surface area contributed by atoms with Gasteiger partial charge in [0.25, 0.3) is 0 Å². The molecule has 200 valence electrons. The molecule has 4 N–H and O–H groups in total. The molecule has 0 heterocycles. The lowest BCUT2D eigenvalue weighted by atomic mass is 9.98. The van der Waals surface area contributed by atoms with Gasteiger partial charge in [-0.3, -0.25) is 20.3 Å². The van der Waals surface area contributed by atoms with Crippen molar-refractivity contribution in [3.63, 3.8) is 0 Å². The van der Waals surface area contributed by atoms with Crippen LogP contribution in [0.4, 0.5) is 0 Å². The fraction of sp³-hybridized carbons (Fsp3) is 0.464. The number of amides is 2. The third kappa shape index (κ3) is 7.38. The molecule has 0 spiro atoms. The Morgan fingerprint density at radius 2 is 1.76 bits per heavy atom. The average Bonchev–Trinajstić information content (AvgIpc) is 3.30. The van der Waals surface area contributed by atoms with E-state index in [9.17, 15) is 9.59 Å². The monoisotopic (exact) mass is 510 g/mol. The molecule has 0 fully saturated rings. The predicted octanol–water partition coefficient (Wildman–Crippen LogP) is 2.98. The van der Waals surface area contributed by atoms with Crippen LogP contribution in [0.5, 0.6) is 17.2 Å². The first-order chi connectivity index (χ1) is 17.8. The number of rotatable bonds is 11. The van der Waals surface area contributed by atoms with Crippen LogP contribution in [0, 0.1) is 11.3 Å².